The molecule has 21 heavy (non-hydrogen) atoms. The minimum atomic E-state index is -0.118. The fraction of sp³-hybridized carbons (Fsp3) is 0.400. The van der Waals surface area contributed by atoms with Crippen molar-refractivity contribution in [2.24, 2.45) is 0 Å². The Morgan fingerprint density at radius 2 is 2.14 bits per heavy atom. The Kier molecular flexibility index (Phi) is 5.68. The Bertz CT molecular complexity index is 597. The average molecular weight is 304 g/mol. The number of anilines is 2. The standard InChI is InChI=1S/C15H20N4OS/c1-3-4-5-9-16-14(20)12-10-21-15(18-12)19-13-8-6-7-11(2)17-13/h6-8,10H,3-5,9H2,1-2H3,(H,16,20)(H,17,18,19). The SMILES string of the molecule is CCCCCNC(=O)c1csc(Nc2cccc(C)n2)n1. The van der Waals surface area contributed by atoms with Crippen LogP contribution in [0.1, 0.15) is 42.4 Å². The van der Waals surface area contributed by atoms with Crippen molar-refractivity contribution in [1.82, 2.24) is 15.3 Å². The van der Waals surface area contributed by atoms with Crippen LogP contribution >= 0.6 is 11.3 Å². The number of carbonyl (C=O) groups excluding carboxylic acids is 1. The van der Waals surface area contributed by atoms with Gasteiger partial charge in [-0.2, -0.15) is 0 Å². The molecule has 2 heterocycles. The highest BCUT2D eigenvalue weighted by Crippen LogP contribution is 2.19. The molecule has 2 N–H and O–H groups in total. The highest BCUT2D eigenvalue weighted by Gasteiger charge is 2.10. The van der Waals surface area contributed by atoms with Gasteiger partial charge in [0.25, 0.3) is 5.91 Å². The summed E-state index contributed by atoms with van der Waals surface area (Å²) in [5.74, 6) is 0.617. The van der Waals surface area contributed by atoms with E-state index < -0.39 is 0 Å². The Balaban J connectivity index is 1.90. The second kappa shape index (κ2) is 7.73. The lowest BCUT2D eigenvalue weighted by Gasteiger charge is -2.03. The number of hydrogen-bond acceptors (Lipinski definition) is 5. The summed E-state index contributed by atoms with van der Waals surface area (Å²) in [7, 11) is 0. The lowest BCUT2D eigenvalue weighted by molar-refractivity contribution is 0.0949. The van der Waals surface area contributed by atoms with Crippen LogP contribution in [0.3, 0.4) is 0 Å². The molecule has 0 aliphatic carbocycles. The molecule has 0 atom stereocenters. The summed E-state index contributed by atoms with van der Waals surface area (Å²) in [4.78, 5) is 20.6. The molecule has 0 fully saturated rings. The van der Waals surface area contributed by atoms with E-state index in [1.165, 1.54) is 11.3 Å². The van der Waals surface area contributed by atoms with Gasteiger partial charge in [0.2, 0.25) is 0 Å². The topological polar surface area (TPSA) is 66.9 Å². The van der Waals surface area contributed by atoms with Gasteiger partial charge in [-0.25, -0.2) is 9.97 Å². The van der Waals surface area contributed by atoms with Crippen molar-refractivity contribution >= 4 is 28.2 Å². The van der Waals surface area contributed by atoms with Crippen LogP contribution < -0.4 is 10.6 Å². The molecule has 0 spiro atoms. The molecule has 0 unspecified atom stereocenters. The highest BCUT2D eigenvalue weighted by molar-refractivity contribution is 7.14. The lowest BCUT2D eigenvalue weighted by Crippen LogP contribution is -2.24. The van der Waals surface area contributed by atoms with Gasteiger partial charge in [0.05, 0.1) is 0 Å². The summed E-state index contributed by atoms with van der Waals surface area (Å²) in [6.45, 7) is 4.77. The van der Waals surface area contributed by atoms with E-state index in [1.807, 2.05) is 25.1 Å². The van der Waals surface area contributed by atoms with Crippen molar-refractivity contribution in [2.75, 3.05) is 11.9 Å². The third kappa shape index (κ3) is 4.82. The maximum Gasteiger partial charge on any atom is 0.270 e. The van der Waals surface area contributed by atoms with Crippen LogP contribution in [-0.4, -0.2) is 22.4 Å². The Hall–Kier alpha value is -1.95. The summed E-state index contributed by atoms with van der Waals surface area (Å²) in [6, 6.07) is 5.74. The number of nitrogens with one attached hydrogen (secondary N) is 2. The van der Waals surface area contributed by atoms with Crippen molar-refractivity contribution in [3.63, 3.8) is 0 Å². The number of carbonyl (C=O) groups is 1. The number of hydrogen-bond donors (Lipinski definition) is 2. The van der Waals surface area contributed by atoms with Gasteiger partial charge in [-0.1, -0.05) is 25.8 Å². The molecule has 2 aromatic heterocycles. The Labute approximate surface area is 128 Å². The molecular weight excluding hydrogens is 284 g/mol. The molecule has 2 rings (SSSR count). The zero-order valence-electron chi connectivity index (χ0n) is 12.3. The molecule has 5 nitrogen and oxygen atoms in total. The van der Waals surface area contributed by atoms with Crippen molar-refractivity contribution in [3.05, 3.63) is 35.0 Å². The number of unbranched alkanes of at least 4 members (excludes halogenated alkanes) is 2. The van der Waals surface area contributed by atoms with Crippen molar-refractivity contribution < 1.29 is 4.79 Å². The van der Waals surface area contributed by atoms with E-state index in [0.717, 1.165) is 30.8 Å². The maximum atomic E-state index is 11.9. The fourth-order valence-corrected chi connectivity index (χ4v) is 2.52. The number of rotatable bonds is 7. The molecule has 112 valence electrons. The molecule has 0 aliphatic heterocycles. The normalized spacial score (nSPS) is 10.4. The minimum Gasteiger partial charge on any atom is -0.351 e. The molecule has 6 heteroatoms. The van der Waals surface area contributed by atoms with Crippen molar-refractivity contribution in [2.45, 2.75) is 33.1 Å². The molecule has 1 amide bonds. The molecule has 0 saturated heterocycles. The number of pyridine rings is 1. The first-order chi connectivity index (χ1) is 10.2. The van der Waals surface area contributed by atoms with Crippen LogP contribution in [0.5, 0.6) is 0 Å². The lowest BCUT2D eigenvalue weighted by atomic mass is 10.2. The zero-order chi connectivity index (χ0) is 15.1. The van der Waals surface area contributed by atoms with Gasteiger partial charge < -0.3 is 10.6 Å². The maximum absolute atomic E-state index is 11.9. The van der Waals surface area contributed by atoms with Crippen molar-refractivity contribution in [3.8, 4) is 0 Å². The number of thiazole rings is 1. The monoisotopic (exact) mass is 304 g/mol. The highest BCUT2D eigenvalue weighted by atomic mass is 32.1. The van der Waals surface area contributed by atoms with Gasteiger partial charge in [-0.3, -0.25) is 4.79 Å². The van der Waals surface area contributed by atoms with Crippen LogP contribution in [0.2, 0.25) is 0 Å². The first-order valence-corrected chi connectivity index (χ1v) is 8.01. The van der Waals surface area contributed by atoms with Crippen LogP contribution in [-0.2, 0) is 0 Å². The van der Waals surface area contributed by atoms with E-state index in [-0.39, 0.29) is 5.91 Å². The summed E-state index contributed by atoms with van der Waals surface area (Å²) in [5, 5.41) is 8.42. The van der Waals surface area contributed by atoms with Crippen LogP contribution in [0.15, 0.2) is 23.6 Å². The summed E-state index contributed by atoms with van der Waals surface area (Å²) in [6.07, 6.45) is 3.28. The van der Waals surface area contributed by atoms with E-state index in [9.17, 15) is 4.79 Å². The molecule has 2 aromatic rings. The largest absolute Gasteiger partial charge is 0.351 e. The third-order valence-corrected chi connectivity index (χ3v) is 3.68. The zero-order valence-corrected chi connectivity index (χ0v) is 13.2. The number of nitrogens with zero attached hydrogens (tertiary/aromatic N) is 2. The predicted molar refractivity (Wildman–Crippen MR) is 86.2 cm³/mol. The van der Waals surface area contributed by atoms with E-state index >= 15 is 0 Å². The molecule has 0 bridgehead atoms. The summed E-state index contributed by atoms with van der Waals surface area (Å²) < 4.78 is 0. The molecule has 0 saturated carbocycles. The number of aromatic nitrogens is 2. The predicted octanol–water partition coefficient (Wildman–Crippen LogP) is 3.51. The fourth-order valence-electron chi connectivity index (χ4n) is 1.83. The van der Waals surface area contributed by atoms with E-state index in [4.69, 9.17) is 0 Å². The van der Waals surface area contributed by atoms with E-state index in [2.05, 4.69) is 27.5 Å². The summed E-state index contributed by atoms with van der Waals surface area (Å²) >= 11 is 1.40. The average Bonchev–Trinajstić information content (AvgIpc) is 2.92. The van der Waals surface area contributed by atoms with Crippen molar-refractivity contribution in [1.29, 1.82) is 0 Å². The number of aryl methyl sites for hydroxylation is 1. The van der Waals surface area contributed by atoms with Crippen LogP contribution in [0.25, 0.3) is 0 Å². The Morgan fingerprint density at radius 3 is 2.90 bits per heavy atom. The van der Waals surface area contributed by atoms with Crippen LogP contribution in [0.4, 0.5) is 10.9 Å². The smallest absolute Gasteiger partial charge is 0.270 e. The van der Waals surface area contributed by atoms with Gasteiger partial charge in [0.1, 0.15) is 11.5 Å². The third-order valence-electron chi connectivity index (χ3n) is 2.93. The van der Waals surface area contributed by atoms with Gasteiger partial charge in [-0.15, -0.1) is 11.3 Å². The first-order valence-electron chi connectivity index (χ1n) is 7.13. The van der Waals surface area contributed by atoms with E-state index in [1.54, 1.807) is 5.38 Å². The second-order valence-electron chi connectivity index (χ2n) is 4.79. The quantitative estimate of drug-likeness (QED) is 0.768. The van der Waals surface area contributed by atoms with Gasteiger partial charge in [-0.05, 0) is 25.5 Å². The second-order valence-corrected chi connectivity index (χ2v) is 5.65. The Morgan fingerprint density at radius 1 is 1.29 bits per heavy atom. The minimum absolute atomic E-state index is 0.118. The first kappa shape index (κ1) is 15.4. The molecule has 0 radical (unpaired) electrons. The van der Waals surface area contributed by atoms with Gasteiger partial charge >= 0.3 is 0 Å². The van der Waals surface area contributed by atoms with Gasteiger partial charge in [0.15, 0.2) is 5.13 Å². The van der Waals surface area contributed by atoms with E-state index in [0.29, 0.717) is 17.4 Å². The molecule has 0 aliphatic rings. The van der Waals surface area contributed by atoms with Gasteiger partial charge in [0, 0.05) is 17.6 Å². The summed E-state index contributed by atoms with van der Waals surface area (Å²) in [5.41, 5.74) is 1.39. The number of amides is 1. The molecule has 0 aromatic carbocycles. The van der Waals surface area contributed by atoms with Crippen LogP contribution in [0, 0.1) is 6.92 Å². The molecular formula is C15H20N4OS.